The normalized spacial score (nSPS) is 10.9. The van der Waals surface area contributed by atoms with Gasteiger partial charge in [0.25, 0.3) is 0 Å². The molecule has 23 heavy (non-hydrogen) atoms. The summed E-state index contributed by atoms with van der Waals surface area (Å²) in [5.41, 5.74) is 1.53. The monoisotopic (exact) mass is 318 g/mol. The number of benzene rings is 2. The van der Waals surface area contributed by atoms with Crippen LogP contribution in [-0.4, -0.2) is 10.5 Å². The number of fused-ring (bicyclic) bond motifs is 1. The number of nitrogens with one attached hydrogen (secondary N) is 1. The number of carbonyl (C=O) groups excluding carboxylic acids is 1. The molecule has 0 saturated carbocycles. The van der Waals surface area contributed by atoms with Crippen LogP contribution in [0.1, 0.15) is 5.56 Å². The fourth-order valence-electron chi connectivity index (χ4n) is 2.25. The summed E-state index contributed by atoms with van der Waals surface area (Å²) in [5.74, 6) is -2.50. The lowest BCUT2D eigenvalue weighted by atomic mass is 10.1. The van der Waals surface area contributed by atoms with Crippen molar-refractivity contribution < 1.29 is 18.0 Å². The maximum absolute atomic E-state index is 13.5. The molecule has 7 heteroatoms. The number of oxazole rings is 1. The number of nitrogens with zero attached hydrogens (tertiary/aromatic N) is 1. The van der Waals surface area contributed by atoms with Gasteiger partial charge in [-0.2, -0.15) is 0 Å². The quantitative estimate of drug-likeness (QED) is 0.807. The molecular formula is C16H12F2N2O3. The van der Waals surface area contributed by atoms with Gasteiger partial charge in [0.15, 0.2) is 5.58 Å². The summed E-state index contributed by atoms with van der Waals surface area (Å²) in [5, 5.41) is 2.38. The summed E-state index contributed by atoms with van der Waals surface area (Å²) < 4.78 is 32.7. The summed E-state index contributed by atoms with van der Waals surface area (Å²) in [6.07, 6.45) is -0.0217. The van der Waals surface area contributed by atoms with Crippen LogP contribution in [-0.2, 0) is 18.3 Å². The van der Waals surface area contributed by atoms with E-state index in [1.165, 1.54) is 4.57 Å². The van der Waals surface area contributed by atoms with E-state index in [0.29, 0.717) is 22.7 Å². The third-order valence-corrected chi connectivity index (χ3v) is 3.43. The Kier molecular flexibility index (Phi) is 3.69. The molecule has 5 nitrogen and oxygen atoms in total. The van der Waals surface area contributed by atoms with Crippen LogP contribution in [0.2, 0.25) is 0 Å². The number of aryl methyl sites for hydroxylation is 1. The Morgan fingerprint density at radius 1 is 1.22 bits per heavy atom. The van der Waals surface area contributed by atoms with Crippen LogP contribution in [0.15, 0.2) is 45.6 Å². The molecule has 0 unspecified atom stereocenters. The maximum atomic E-state index is 13.5. The summed E-state index contributed by atoms with van der Waals surface area (Å²) in [6, 6.07) is 7.81. The van der Waals surface area contributed by atoms with Crippen LogP contribution in [0.5, 0.6) is 0 Å². The second-order valence-electron chi connectivity index (χ2n) is 5.08. The number of aromatic nitrogens is 1. The van der Waals surface area contributed by atoms with E-state index in [-0.39, 0.29) is 12.1 Å². The number of carbonyl (C=O) groups is 1. The number of anilines is 1. The molecule has 1 heterocycles. The number of hydrogen-bond donors (Lipinski definition) is 1. The van der Waals surface area contributed by atoms with Gasteiger partial charge in [-0.1, -0.05) is 6.07 Å². The van der Waals surface area contributed by atoms with Gasteiger partial charge in [-0.05, 0) is 29.8 Å². The lowest BCUT2D eigenvalue weighted by Crippen LogP contribution is -2.15. The van der Waals surface area contributed by atoms with E-state index in [2.05, 4.69) is 5.32 Å². The van der Waals surface area contributed by atoms with E-state index in [9.17, 15) is 18.4 Å². The van der Waals surface area contributed by atoms with Crippen molar-refractivity contribution in [2.75, 3.05) is 5.32 Å². The molecular weight excluding hydrogens is 306 g/mol. The number of halogens is 2. The van der Waals surface area contributed by atoms with Gasteiger partial charge in [-0.25, -0.2) is 13.6 Å². The van der Waals surface area contributed by atoms with Gasteiger partial charge >= 0.3 is 5.76 Å². The average molecular weight is 318 g/mol. The van der Waals surface area contributed by atoms with Crippen LogP contribution in [0.3, 0.4) is 0 Å². The van der Waals surface area contributed by atoms with Crippen LogP contribution in [0, 0.1) is 11.6 Å². The van der Waals surface area contributed by atoms with E-state index >= 15 is 0 Å². The van der Waals surface area contributed by atoms with Gasteiger partial charge in [0.2, 0.25) is 5.91 Å². The van der Waals surface area contributed by atoms with Gasteiger partial charge in [-0.3, -0.25) is 9.36 Å². The standard InChI is InChI=1S/C16H12F2N2O3/c1-20-13-6-9(2-5-14(13)23-16(20)22)7-15(21)19-12-4-3-10(17)8-11(12)18/h2-6,8H,7H2,1H3,(H,19,21). The summed E-state index contributed by atoms with van der Waals surface area (Å²) in [7, 11) is 1.56. The molecule has 2 aromatic carbocycles. The predicted octanol–water partition coefficient (Wildman–Crippen LogP) is 2.59. The molecule has 0 radical (unpaired) electrons. The highest BCUT2D eigenvalue weighted by atomic mass is 19.1. The largest absolute Gasteiger partial charge is 0.419 e. The number of hydrogen-bond acceptors (Lipinski definition) is 3. The van der Waals surface area contributed by atoms with Crippen LogP contribution in [0.25, 0.3) is 11.1 Å². The van der Waals surface area contributed by atoms with Crippen molar-refractivity contribution >= 4 is 22.7 Å². The van der Waals surface area contributed by atoms with Crippen molar-refractivity contribution in [3.8, 4) is 0 Å². The first kappa shape index (κ1) is 15.0. The van der Waals surface area contributed by atoms with E-state index in [4.69, 9.17) is 4.42 Å². The van der Waals surface area contributed by atoms with Crippen molar-refractivity contribution in [2.24, 2.45) is 7.05 Å². The van der Waals surface area contributed by atoms with Crippen LogP contribution < -0.4 is 11.1 Å². The van der Waals surface area contributed by atoms with Crippen molar-refractivity contribution in [1.82, 2.24) is 4.57 Å². The van der Waals surface area contributed by atoms with Gasteiger partial charge in [0.05, 0.1) is 17.6 Å². The average Bonchev–Trinajstić information content (AvgIpc) is 2.77. The molecule has 0 aliphatic carbocycles. The van der Waals surface area contributed by atoms with E-state index < -0.39 is 23.3 Å². The molecule has 0 aliphatic rings. The zero-order chi connectivity index (χ0) is 16.6. The Morgan fingerprint density at radius 2 is 2.00 bits per heavy atom. The Labute approximate surface area is 129 Å². The minimum Gasteiger partial charge on any atom is -0.408 e. The van der Waals surface area contributed by atoms with E-state index in [0.717, 1.165) is 12.1 Å². The first-order valence-electron chi connectivity index (χ1n) is 6.77. The van der Waals surface area contributed by atoms with Gasteiger partial charge in [0.1, 0.15) is 11.6 Å². The van der Waals surface area contributed by atoms with Crippen molar-refractivity contribution in [1.29, 1.82) is 0 Å². The highest BCUT2D eigenvalue weighted by molar-refractivity contribution is 5.92. The molecule has 0 atom stereocenters. The number of rotatable bonds is 3. The highest BCUT2D eigenvalue weighted by Gasteiger charge is 2.11. The van der Waals surface area contributed by atoms with Gasteiger partial charge in [-0.15, -0.1) is 0 Å². The molecule has 1 N–H and O–H groups in total. The Hall–Kier alpha value is -2.96. The zero-order valence-corrected chi connectivity index (χ0v) is 12.1. The predicted molar refractivity (Wildman–Crippen MR) is 80.1 cm³/mol. The maximum Gasteiger partial charge on any atom is 0.419 e. The lowest BCUT2D eigenvalue weighted by Gasteiger charge is -2.06. The topological polar surface area (TPSA) is 64.2 Å². The third kappa shape index (κ3) is 2.98. The minimum atomic E-state index is -0.842. The van der Waals surface area contributed by atoms with Gasteiger partial charge in [0, 0.05) is 13.1 Å². The molecule has 1 amide bonds. The van der Waals surface area contributed by atoms with E-state index in [1.54, 1.807) is 25.2 Å². The zero-order valence-electron chi connectivity index (χ0n) is 12.1. The molecule has 0 aliphatic heterocycles. The van der Waals surface area contributed by atoms with Crippen LogP contribution >= 0.6 is 0 Å². The molecule has 0 fully saturated rings. The molecule has 1 aromatic heterocycles. The fourth-order valence-corrected chi connectivity index (χ4v) is 2.25. The molecule has 0 spiro atoms. The van der Waals surface area contributed by atoms with Crippen molar-refractivity contribution in [2.45, 2.75) is 6.42 Å². The summed E-state index contributed by atoms with van der Waals surface area (Å²) in [4.78, 5) is 23.4. The second kappa shape index (κ2) is 5.68. The van der Waals surface area contributed by atoms with Crippen molar-refractivity contribution in [3.05, 3.63) is 64.1 Å². The summed E-state index contributed by atoms with van der Waals surface area (Å²) in [6.45, 7) is 0. The Morgan fingerprint density at radius 3 is 2.74 bits per heavy atom. The van der Waals surface area contributed by atoms with Crippen LogP contribution in [0.4, 0.5) is 14.5 Å². The molecule has 3 aromatic rings. The third-order valence-electron chi connectivity index (χ3n) is 3.43. The Bertz CT molecular complexity index is 960. The smallest absolute Gasteiger partial charge is 0.408 e. The number of amides is 1. The SMILES string of the molecule is Cn1c(=O)oc2ccc(CC(=O)Nc3ccc(F)cc3F)cc21. The first-order valence-corrected chi connectivity index (χ1v) is 6.77. The minimum absolute atomic E-state index is 0.0217. The van der Waals surface area contributed by atoms with Gasteiger partial charge < -0.3 is 9.73 Å². The highest BCUT2D eigenvalue weighted by Crippen LogP contribution is 2.17. The molecule has 0 saturated heterocycles. The fraction of sp³-hybridized carbons (Fsp3) is 0.125. The first-order chi connectivity index (χ1) is 10.9. The lowest BCUT2D eigenvalue weighted by molar-refractivity contribution is -0.115. The second-order valence-corrected chi connectivity index (χ2v) is 5.08. The van der Waals surface area contributed by atoms with Crippen molar-refractivity contribution in [3.63, 3.8) is 0 Å². The summed E-state index contributed by atoms with van der Waals surface area (Å²) >= 11 is 0. The molecule has 3 rings (SSSR count). The molecule has 118 valence electrons. The van der Waals surface area contributed by atoms with E-state index in [1.807, 2.05) is 0 Å². The Balaban J connectivity index is 1.79. The molecule has 0 bridgehead atoms.